The van der Waals surface area contributed by atoms with Gasteiger partial charge in [0, 0.05) is 18.8 Å². The van der Waals surface area contributed by atoms with Gasteiger partial charge in [0.05, 0.1) is 0 Å². The maximum absolute atomic E-state index is 6.12. The van der Waals surface area contributed by atoms with Gasteiger partial charge in [0.25, 0.3) is 0 Å². The number of rotatable bonds is 11. The predicted octanol–water partition coefficient (Wildman–Crippen LogP) is 4.59. The van der Waals surface area contributed by atoms with Gasteiger partial charge in [-0.15, -0.1) is 6.58 Å². The lowest BCUT2D eigenvalue weighted by Gasteiger charge is -2.32. The smallest absolute Gasteiger partial charge is 0.367 e. The number of unbranched alkanes of at least 4 members (excludes halogenated alkanes) is 2. The summed E-state index contributed by atoms with van der Waals surface area (Å²) in [6.07, 6.45) is 5.64. The number of hydrogen-bond acceptors (Lipinski definition) is 2. The van der Waals surface area contributed by atoms with Crippen LogP contribution in [0.4, 0.5) is 0 Å². The molecule has 0 fully saturated rings. The van der Waals surface area contributed by atoms with Gasteiger partial charge in [-0.05, 0) is 18.5 Å². The molecule has 2 nitrogen and oxygen atoms in total. The minimum atomic E-state index is -2.18. The molecule has 0 rings (SSSR count). The first kappa shape index (κ1) is 16.9. The third kappa shape index (κ3) is 5.84. The lowest BCUT2D eigenvalue weighted by atomic mass is 10.4. The maximum atomic E-state index is 6.12. The van der Waals surface area contributed by atoms with E-state index in [-0.39, 0.29) is 0 Å². The minimum Gasteiger partial charge on any atom is -0.391 e. The van der Waals surface area contributed by atoms with Crippen molar-refractivity contribution < 1.29 is 8.85 Å². The molecule has 0 bridgehead atoms. The summed E-state index contributed by atoms with van der Waals surface area (Å²) in [6, 6.07) is 0. The predicted molar refractivity (Wildman–Crippen MR) is 77.4 cm³/mol. The van der Waals surface area contributed by atoms with E-state index < -0.39 is 8.56 Å². The zero-order chi connectivity index (χ0) is 13.1. The van der Waals surface area contributed by atoms with Crippen LogP contribution < -0.4 is 0 Å². The van der Waals surface area contributed by atoms with Gasteiger partial charge in [-0.3, -0.25) is 0 Å². The summed E-state index contributed by atoms with van der Waals surface area (Å²) in [5.74, 6) is 0. The molecule has 0 aliphatic heterocycles. The maximum Gasteiger partial charge on any atom is 0.367 e. The van der Waals surface area contributed by atoms with Gasteiger partial charge in [-0.25, -0.2) is 0 Å². The molecule has 0 aromatic heterocycles. The van der Waals surface area contributed by atoms with E-state index in [9.17, 15) is 0 Å². The fourth-order valence-corrected chi connectivity index (χ4v) is 4.47. The molecule has 0 saturated carbocycles. The van der Waals surface area contributed by atoms with E-state index in [4.69, 9.17) is 8.85 Å². The Morgan fingerprint density at radius 2 is 1.53 bits per heavy atom. The second kappa shape index (κ2) is 9.86. The molecule has 0 aliphatic carbocycles. The van der Waals surface area contributed by atoms with Crippen LogP contribution in [0.25, 0.3) is 0 Å². The molecule has 0 heterocycles. The highest BCUT2D eigenvalue weighted by Gasteiger charge is 2.39. The van der Waals surface area contributed by atoms with Crippen molar-refractivity contribution in [3.63, 3.8) is 0 Å². The molecule has 1 atom stereocenters. The normalized spacial score (nSPS) is 13.6. The summed E-state index contributed by atoms with van der Waals surface area (Å²) in [5, 5.41) is 0. The molecule has 102 valence electrons. The van der Waals surface area contributed by atoms with Gasteiger partial charge in [0.2, 0.25) is 0 Å². The molecule has 3 heteroatoms. The monoisotopic (exact) mass is 258 g/mol. The van der Waals surface area contributed by atoms with Crippen molar-refractivity contribution in [2.45, 2.75) is 65.3 Å². The Morgan fingerprint density at radius 1 is 1.06 bits per heavy atom. The van der Waals surface area contributed by atoms with Crippen LogP contribution in [-0.2, 0) is 8.85 Å². The third-order valence-corrected chi connectivity index (χ3v) is 6.90. The Balaban J connectivity index is 4.45. The van der Waals surface area contributed by atoms with Crippen molar-refractivity contribution in [1.29, 1.82) is 0 Å². The summed E-state index contributed by atoms with van der Waals surface area (Å²) in [7, 11) is -2.18. The van der Waals surface area contributed by atoms with Crippen LogP contribution in [0.15, 0.2) is 12.3 Å². The zero-order valence-electron chi connectivity index (χ0n) is 12.1. The van der Waals surface area contributed by atoms with Crippen LogP contribution in [0.3, 0.4) is 0 Å². The topological polar surface area (TPSA) is 18.5 Å². The van der Waals surface area contributed by atoms with Crippen molar-refractivity contribution in [2.24, 2.45) is 0 Å². The largest absolute Gasteiger partial charge is 0.391 e. The highest BCUT2D eigenvalue weighted by Crippen LogP contribution is 2.28. The van der Waals surface area contributed by atoms with Crippen LogP contribution in [0.5, 0.6) is 0 Å². The fraction of sp³-hybridized carbons (Fsp3) is 0.857. The fourth-order valence-electron chi connectivity index (χ4n) is 1.68. The first-order valence-electron chi connectivity index (χ1n) is 7.08. The number of hydrogen-bond donors (Lipinski definition) is 0. The van der Waals surface area contributed by atoms with Gasteiger partial charge in [-0.1, -0.05) is 47.0 Å². The average molecular weight is 258 g/mol. The molecular formula is C14H30O2Si. The molecule has 17 heavy (non-hydrogen) atoms. The van der Waals surface area contributed by atoms with Gasteiger partial charge in [0.1, 0.15) is 0 Å². The summed E-state index contributed by atoms with van der Waals surface area (Å²) in [4.78, 5) is 0. The van der Waals surface area contributed by atoms with Gasteiger partial charge >= 0.3 is 8.56 Å². The zero-order valence-corrected chi connectivity index (χ0v) is 13.1. The Morgan fingerprint density at radius 3 is 1.82 bits per heavy atom. The van der Waals surface area contributed by atoms with Crippen molar-refractivity contribution in [3.05, 3.63) is 12.3 Å². The average Bonchev–Trinajstić information content (AvgIpc) is 2.36. The van der Waals surface area contributed by atoms with E-state index in [1.807, 2.05) is 5.70 Å². The van der Waals surface area contributed by atoms with Crippen LogP contribution >= 0.6 is 0 Å². The Labute approximate surface area is 109 Å². The quantitative estimate of drug-likeness (QED) is 0.399. The van der Waals surface area contributed by atoms with Gasteiger partial charge in [-0.2, -0.15) is 0 Å². The lowest BCUT2D eigenvalue weighted by Crippen LogP contribution is -2.45. The molecule has 0 saturated heterocycles. The summed E-state index contributed by atoms with van der Waals surface area (Å²) in [6.45, 7) is 14.4. The highest BCUT2D eigenvalue weighted by molar-refractivity contribution is 6.74. The van der Waals surface area contributed by atoms with Crippen molar-refractivity contribution in [1.82, 2.24) is 0 Å². The molecule has 0 N–H and O–H groups in total. The highest BCUT2D eigenvalue weighted by atomic mass is 28.4. The van der Waals surface area contributed by atoms with Gasteiger partial charge < -0.3 is 8.85 Å². The van der Waals surface area contributed by atoms with E-state index in [1.165, 1.54) is 0 Å². The molecule has 0 aromatic carbocycles. The van der Waals surface area contributed by atoms with Gasteiger partial charge in [0.15, 0.2) is 0 Å². The second-order valence-corrected chi connectivity index (χ2v) is 8.05. The Kier molecular flexibility index (Phi) is 9.79. The SMILES string of the molecule is C=C[Si](OCCCC)(OCCCC)C(C)CC. The molecule has 0 radical (unpaired) electrons. The van der Waals surface area contributed by atoms with Crippen LogP contribution in [0.2, 0.25) is 5.54 Å². The summed E-state index contributed by atoms with van der Waals surface area (Å²) < 4.78 is 12.2. The van der Waals surface area contributed by atoms with E-state index in [0.29, 0.717) is 5.54 Å². The standard InChI is InChI=1S/C14H30O2Si/c1-6-10-12-15-17(9-4,14(5)8-3)16-13-11-7-2/h9,14H,4,6-8,10-13H2,1-3,5H3. The van der Waals surface area contributed by atoms with Crippen molar-refractivity contribution >= 4 is 8.56 Å². The third-order valence-electron chi connectivity index (χ3n) is 3.23. The molecule has 0 aromatic rings. The molecule has 0 spiro atoms. The van der Waals surface area contributed by atoms with Crippen LogP contribution in [0, 0.1) is 0 Å². The first-order chi connectivity index (χ1) is 8.16. The molecular weight excluding hydrogens is 228 g/mol. The molecule has 0 aliphatic rings. The summed E-state index contributed by atoms with van der Waals surface area (Å²) >= 11 is 0. The minimum absolute atomic E-state index is 0.480. The van der Waals surface area contributed by atoms with Crippen molar-refractivity contribution in [3.8, 4) is 0 Å². The van der Waals surface area contributed by atoms with Crippen molar-refractivity contribution in [2.75, 3.05) is 13.2 Å². The Bertz CT molecular complexity index is 185. The van der Waals surface area contributed by atoms with E-state index in [0.717, 1.165) is 45.3 Å². The van der Waals surface area contributed by atoms with E-state index in [2.05, 4.69) is 34.3 Å². The molecule has 1 unspecified atom stereocenters. The van der Waals surface area contributed by atoms with Crippen LogP contribution in [-0.4, -0.2) is 21.8 Å². The van der Waals surface area contributed by atoms with E-state index >= 15 is 0 Å². The first-order valence-corrected chi connectivity index (χ1v) is 9.05. The summed E-state index contributed by atoms with van der Waals surface area (Å²) in [5.41, 5.74) is 2.46. The van der Waals surface area contributed by atoms with Crippen LogP contribution in [0.1, 0.15) is 59.8 Å². The Hall–Kier alpha value is -0.123. The van der Waals surface area contributed by atoms with E-state index in [1.54, 1.807) is 0 Å². The lowest BCUT2D eigenvalue weighted by molar-refractivity contribution is 0.165. The second-order valence-electron chi connectivity index (χ2n) is 4.64. The molecule has 0 amide bonds.